The number of hydrogen-bond acceptors (Lipinski definition) is 7. The van der Waals surface area contributed by atoms with Gasteiger partial charge in [0.2, 0.25) is 0 Å². The first-order valence-electron chi connectivity index (χ1n) is 8.14. The maximum atomic E-state index is 14.3. The molecule has 2 aliphatic heterocycles. The van der Waals surface area contributed by atoms with Crippen molar-refractivity contribution in [2.75, 3.05) is 13.2 Å². The maximum absolute atomic E-state index is 14.3. The van der Waals surface area contributed by atoms with E-state index in [1.165, 1.54) is 0 Å². The SMILES string of the molecule is CC(C)NC(C)CONC(=O)[C@@H]1CC(F)(F)[C@@H]2CN1C(=O)N2OS(=O)(=O)O. The molecule has 3 atom stereocenters. The Bertz CT molecular complexity index is 690. The Balaban J connectivity index is 2.02. The summed E-state index contributed by atoms with van der Waals surface area (Å²) in [5.41, 5.74) is 2.03. The predicted molar refractivity (Wildman–Crippen MR) is 85.5 cm³/mol. The van der Waals surface area contributed by atoms with E-state index in [1.807, 2.05) is 19.3 Å². The monoisotopic (exact) mass is 416 g/mol. The number of urea groups is 1. The van der Waals surface area contributed by atoms with Crippen LogP contribution in [0.5, 0.6) is 0 Å². The van der Waals surface area contributed by atoms with Crippen LogP contribution in [0.1, 0.15) is 27.2 Å². The third kappa shape index (κ3) is 5.22. The molecular weight excluding hydrogens is 394 g/mol. The van der Waals surface area contributed by atoms with E-state index >= 15 is 0 Å². The van der Waals surface area contributed by atoms with Crippen LogP contribution in [0.2, 0.25) is 0 Å². The van der Waals surface area contributed by atoms with Crippen LogP contribution in [-0.2, 0) is 24.3 Å². The zero-order valence-electron chi connectivity index (χ0n) is 14.9. The van der Waals surface area contributed by atoms with Gasteiger partial charge in [0.15, 0.2) is 0 Å². The predicted octanol–water partition coefficient (Wildman–Crippen LogP) is -0.331. The highest BCUT2D eigenvalue weighted by Gasteiger charge is 2.62. The van der Waals surface area contributed by atoms with Crippen molar-refractivity contribution in [3.8, 4) is 0 Å². The molecule has 0 aromatic carbocycles. The Morgan fingerprint density at radius 3 is 2.59 bits per heavy atom. The number of nitrogens with one attached hydrogen (secondary N) is 2. The van der Waals surface area contributed by atoms with Crippen LogP contribution < -0.4 is 10.8 Å². The molecule has 0 spiro atoms. The van der Waals surface area contributed by atoms with Crippen LogP contribution in [-0.4, -0.2) is 78.1 Å². The lowest BCUT2D eigenvalue weighted by Gasteiger charge is -2.34. The largest absolute Gasteiger partial charge is 0.418 e. The minimum absolute atomic E-state index is 0.0571. The number of hydroxylamine groups is 3. The van der Waals surface area contributed by atoms with E-state index < -0.39 is 53.3 Å². The number of carbonyl (C=O) groups excluding carboxylic acids is 2. The topological polar surface area (TPSA) is 138 Å². The van der Waals surface area contributed by atoms with Crippen LogP contribution in [0.3, 0.4) is 0 Å². The molecule has 2 saturated heterocycles. The van der Waals surface area contributed by atoms with Crippen molar-refractivity contribution in [2.45, 2.75) is 57.3 Å². The maximum Gasteiger partial charge on any atom is 0.418 e. The van der Waals surface area contributed by atoms with Crippen LogP contribution in [0.15, 0.2) is 0 Å². The Hall–Kier alpha value is -1.61. The van der Waals surface area contributed by atoms with E-state index in [4.69, 9.17) is 9.39 Å². The fourth-order valence-corrected chi connectivity index (χ4v) is 3.38. The minimum Gasteiger partial charge on any atom is -0.310 e. The number of fused-ring (bicyclic) bond motifs is 2. The Morgan fingerprint density at radius 1 is 1.41 bits per heavy atom. The molecule has 11 nitrogen and oxygen atoms in total. The molecule has 3 N–H and O–H groups in total. The third-order valence-electron chi connectivity index (χ3n) is 4.02. The number of carbonyl (C=O) groups is 2. The van der Waals surface area contributed by atoms with Crippen LogP contribution in [0, 0.1) is 0 Å². The van der Waals surface area contributed by atoms with Gasteiger partial charge in [0.25, 0.3) is 11.8 Å². The fourth-order valence-electron chi connectivity index (χ4n) is 3.01. The van der Waals surface area contributed by atoms with Crippen LogP contribution in [0.4, 0.5) is 13.6 Å². The second-order valence-corrected chi connectivity index (χ2v) is 7.76. The highest BCUT2D eigenvalue weighted by atomic mass is 32.3. The Kier molecular flexibility index (Phi) is 6.26. The van der Waals surface area contributed by atoms with E-state index in [0.717, 1.165) is 4.90 Å². The van der Waals surface area contributed by atoms with Crippen molar-refractivity contribution in [3.63, 3.8) is 0 Å². The quantitative estimate of drug-likeness (QED) is 0.361. The van der Waals surface area contributed by atoms with E-state index in [1.54, 1.807) is 6.92 Å². The molecule has 14 heteroatoms. The van der Waals surface area contributed by atoms with E-state index in [2.05, 4.69) is 9.60 Å². The van der Waals surface area contributed by atoms with Crippen LogP contribution in [0.25, 0.3) is 0 Å². The van der Waals surface area contributed by atoms with Gasteiger partial charge >= 0.3 is 16.4 Å². The fraction of sp³-hybridized carbons (Fsp3) is 0.846. The lowest BCUT2D eigenvalue weighted by molar-refractivity contribution is -0.159. The number of piperidine rings is 1. The molecule has 2 aliphatic rings. The Labute approximate surface area is 154 Å². The summed E-state index contributed by atoms with van der Waals surface area (Å²) < 4.78 is 62.8. The number of hydrogen-bond donors (Lipinski definition) is 3. The van der Waals surface area contributed by atoms with Gasteiger partial charge in [-0.25, -0.2) is 19.1 Å². The summed E-state index contributed by atoms with van der Waals surface area (Å²) in [5, 5.41) is 2.98. The normalized spacial score (nSPS) is 25.8. The molecule has 0 aromatic heterocycles. The van der Waals surface area contributed by atoms with Gasteiger partial charge in [-0.2, -0.15) is 13.5 Å². The zero-order valence-corrected chi connectivity index (χ0v) is 15.7. The minimum atomic E-state index is -5.19. The smallest absolute Gasteiger partial charge is 0.310 e. The van der Waals surface area contributed by atoms with Gasteiger partial charge in [0, 0.05) is 18.5 Å². The second kappa shape index (κ2) is 7.79. The lowest BCUT2D eigenvalue weighted by Crippen LogP contribution is -2.56. The second-order valence-electron chi connectivity index (χ2n) is 6.76. The standard InChI is InChI=1S/C13H22F2N4O7S/c1-7(2)16-8(3)6-25-17-11(20)9-4-13(14,15)10-5-18(9)12(21)19(10)26-27(22,23)24/h7-10,16H,4-6H2,1-3H3,(H,17,20)(H,22,23,24)/t8?,9-,10-/m0/s1. The van der Waals surface area contributed by atoms with Crippen LogP contribution >= 0.6 is 0 Å². The van der Waals surface area contributed by atoms with Crippen molar-refractivity contribution >= 4 is 22.3 Å². The summed E-state index contributed by atoms with van der Waals surface area (Å²) in [4.78, 5) is 30.1. The summed E-state index contributed by atoms with van der Waals surface area (Å²) in [6.45, 7) is 5.02. The molecule has 2 rings (SSSR count). The number of alkyl halides is 2. The van der Waals surface area contributed by atoms with Gasteiger partial charge in [0.05, 0.1) is 13.2 Å². The molecule has 27 heavy (non-hydrogen) atoms. The van der Waals surface area contributed by atoms with E-state index in [9.17, 15) is 26.8 Å². The van der Waals surface area contributed by atoms with Gasteiger partial charge < -0.3 is 10.2 Å². The molecule has 2 heterocycles. The molecule has 1 unspecified atom stereocenters. The van der Waals surface area contributed by atoms with Crippen molar-refractivity contribution in [1.82, 2.24) is 20.8 Å². The molecule has 3 amide bonds. The molecule has 0 aliphatic carbocycles. The average Bonchev–Trinajstić information content (AvgIpc) is 2.77. The number of nitrogens with zero attached hydrogens (tertiary/aromatic N) is 2. The van der Waals surface area contributed by atoms with Gasteiger partial charge in [-0.05, 0) is 6.92 Å². The molecule has 0 saturated carbocycles. The summed E-state index contributed by atoms with van der Waals surface area (Å²) >= 11 is 0. The summed E-state index contributed by atoms with van der Waals surface area (Å²) in [6, 6.07) is -4.78. The molecule has 0 aromatic rings. The third-order valence-corrected chi connectivity index (χ3v) is 4.37. The van der Waals surface area contributed by atoms with Gasteiger partial charge in [-0.3, -0.25) is 14.2 Å². The molecule has 156 valence electrons. The highest BCUT2D eigenvalue weighted by Crippen LogP contribution is 2.40. The summed E-state index contributed by atoms with van der Waals surface area (Å²) in [5.74, 6) is -4.60. The number of rotatable bonds is 8. The van der Waals surface area contributed by atoms with Gasteiger partial charge in [-0.1, -0.05) is 13.8 Å². The summed E-state index contributed by atoms with van der Waals surface area (Å²) in [7, 11) is -5.19. The first-order chi connectivity index (χ1) is 12.3. The average molecular weight is 416 g/mol. The van der Waals surface area contributed by atoms with Crippen molar-refractivity contribution in [1.29, 1.82) is 0 Å². The van der Waals surface area contributed by atoms with E-state index in [-0.39, 0.29) is 23.8 Å². The van der Waals surface area contributed by atoms with E-state index in [0.29, 0.717) is 0 Å². The molecule has 2 bridgehead atoms. The van der Waals surface area contributed by atoms with Crippen molar-refractivity contribution < 1.29 is 40.5 Å². The zero-order chi connectivity index (χ0) is 20.6. The molecular formula is C13H22F2N4O7S. The molecule has 0 radical (unpaired) electrons. The Morgan fingerprint density at radius 2 is 2.04 bits per heavy atom. The molecule has 2 fully saturated rings. The number of amides is 3. The van der Waals surface area contributed by atoms with Gasteiger partial charge in [-0.15, -0.1) is 4.28 Å². The van der Waals surface area contributed by atoms with Gasteiger partial charge in [0.1, 0.15) is 12.1 Å². The van der Waals surface area contributed by atoms with Crippen molar-refractivity contribution in [2.24, 2.45) is 0 Å². The number of halogens is 2. The van der Waals surface area contributed by atoms with Crippen molar-refractivity contribution in [3.05, 3.63) is 0 Å². The lowest BCUT2D eigenvalue weighted by atomic mass is 9.96. The summed E-state index contributed by atoms with van der Waals surface area (Å²) in [6.07, 6.45) is -1.05. The first-order valence-corrected chi connectivity index (χ1v) is 9.50. The first kappa shape index (κ1) is 21.7. The highest BCUT2D eigenvalue weighted by molar-refractivity contribution is 7.80.